The lowest BCUT2D eigenvalue weighted by Crippen LogP contribution is -2.13. The Kier molecular flexibility index (Phi) is 4.47. The molecule has 0 saturated heterocycles. The smallest absolute Gasteiger partial charge is 0.180 e. The van der Waals surface area contributed by atoms with Crippen LogP contribution in [-0.4, -0.2) is 33.6 Å². The van der Waals surface area contributed by atoms with Crippen LogP contribution in [0.25, 0.3) is 33.5 Å². The van der Waals surface area contributed by atoms with Crippen molar-refractivity contribution in [1.82, 2.24) is 19.9 Å². The van der Waals surface area contributed by atoms with E-state index >= 15 is 0 Å². The summed E-state index contributed by atoms with van der Waals surface area (Å²) in [7, 11) is -3.30. The van der Waals surface area contributed by atoms with Crippen molar-refractivity contribution in [3.8, 4) is 22.4 Å². The highest BCUT2D eigenvalue weighted by Gasteiger charge is 2.19. The molecule has 1 aromatic carbocycles. The first kappa shape index (κ1) is 18.3. The largest absolute Gasteiger partial charge is 0.344 e. The molecule has 1 N–H and O–H groups in total. The van der Waals surface area contributed by atoms with Crippen LogP contribution in [-0.2, 0) is 9.84 Å². The molecule has 4 aromatic rings. The van der Waals surface area contributed by atoms with Crippen LogP contribution in [0.4, 0.5) is 0 Å². The first-order chi connectivity index (χ1) is 13.4. The van der Waals surface area contributed by atoms with Crippen LogP contribution in [0.15, 0.2) is 59.9 Å². The van der Waals surface area contributed by atoms with Crippen LogP contribution >= 0.6 is 0 Å². The summed E-state index contributed by atoms with van der Waals surface area (Å²) in [6.45, 7) is 5.30. The Morgan fingerprint density at radius 2 is 1.64 bits per heavy atom. The topological polar surface area (TPSA) is 88.6 Å². The fourth-order valence-corrected chi connectivity index (χ4v) is 4.02. The molecular weight excluding hydrogens is 372 g/mol. The van der Waals surface area contributed by atoms with Gasteiger partial charge in [0.05, 0.1) is 22.0 Å². The number of rotatable bonds is 4. The lowest BCUT2D eigenvalue weighted by atomic mass is 10.1. The van der Waals surface area contributed by atoms with Gasteiger partial charge in [-0.3, -0.25) is 4.98 Å². The number of H-pyrrole nitrogens is 1. The minimum Gasteiger partial charge on any atom is -0.344 e. The molecule has 4 rings (SSSR count). The van der Waals surface area contributed by atoms with Crippen molar-refractivity contribution in [3.63, 3.8) is 0 Å². The average Bonchev–Trinajstić information content (AvgIpc) is 3.12. The van der Waals surface area contributed by atoms with E-state index in [1.54, 1.807) is 44.3 Å². The van der Waals surface area contributed by atoms with Crippen molar-refractivity contribution in [2.75, 3.05) is 0 Å². The number of sulfone groups is 1. The van der Waals surface area contributed by atoms with Gasteiger partial charge < -0.3 is 4.98 Å². The number of pyridine rings is 1. The minimum atomic E-state index is -3.30. The van der Waals surface area contributed by atoms with E-state index in [-0.39, 0.29) is 0 Å². The predicted molar refractivity (Wildman–Crippen MR) is 110 cm³/mol. The number of aryl methyl sites for hydroxylation is 1. The number of nitrogens with zero attached hydrogens (tertiary/aromatic N) is 3. The summed E-state index contributed by atoms with van der Waals surface area (Å²) in [5.41, 5.74) is 5.78. The molecule has 28 heavy (non-hydrogen) atoms. The fourth-order valence-electron chi connectivity index (χ4n) is 2.97. The molecule has 0 radical (unpaired) electrons. The quantitative estimate of drug-likeness (QED) is 0.563. The molecule has 0 aliphatic heterocycles. The van der Waals surface area contributed by atoms with Crippen LogP contribution in [0.2, 0.25) is 0 Å². The molecule has 142 valence electrons. The van der Waals surface area contributed by atoms with Gasteiger partial charge in [0.1, 0.15) is 5.52 Å². The molecule has 0 fully saturated rings. The number of aromatic nitrogens is 4. The van der Waals surface area contributed by atoms with Gasteiger partial charge in [0.15, 0.2) is 15.5 Å². The van der Waals surface area contributed by atoms with Crippen LogP contribution in [0.3, 0.4) is 0 Å². The molecular formula is C21H20N4O2S. The average molecular weight is 392 g/mol. The van der Waals surface area contributed by atoms with Gasteiger partial charge in [-0.1, -0.05) is 18.2 Å². The second-order valence-electron chi connectivity index (χ2n) is 6.96. The predicted octanol–water partition coefficient (Wildman–Crippen LogP) is 4.18. The number of benzene rings is 1. The first-order valence-electron chi connectivity index (χ1n) is 8.98. The Labute approximate surface area is 163 Å². The molecule has 3 heterocycles. The zero-order chi connectivity index (χ0) is 19.9. The van der Waals surface area contributed by atoms with Crippen molar-refractivity contribution in [1.29, 1.82) is 0 Å². The third-order valence-electron chi connectivity index (χ3n) is 4.70. The lowest BCUT2D eigenvalue weighted by molar-refractivity contribution is 0.587. The van der Waals surface area contributed by atoms with Crippen molar-refractivity contribution in [3.05, 3.63) is 60.7 Å². The normalized spacial score (nSPS) is 12.0. The van der Waals surface area contributed by atoms with Gasteiger partial charge in [0.25, 0.3) is 0 Å². The van der Waals surface area contributed by atoms with Crippen molar-refractivity contribution in [2.24, 2.45) is 0 Å². The summed E-state index contributed by atoms with van der Waals surface area (Å²) in [5.74, 6) is 0. The van der Waals surface area contributed by atoms with Gasteiger partial charge in [0.2, 0.25) is 0 Å². The molecule has 0 aliphatic rings. The summed E-state index contributed by atoms with van der Waals surface area (Å²) < 4.78 is 24.6. The maximum absolute atomic E-state index is 12.3. The van der Waals surface area contributed by atoms with E-state index in [1.807, 2.05) is 31.5 Å². The van der Waals surface area contributed by atoms with Gasteiger partial charge in [-0.2, -0.15) is 0 Å². The molecule has 0 saturated carbocycles. The minimum absolute atomic E-state index is 0.313. The lowest BCUT2D eigenvalue weighted by Gasteiger charge is -2.08. The Balaban J connectivity index is 1.76. The second-order valence-corrected chi connectivity index (χ2v) is 9.47. The molecule has 0 bridgehead atoms. The summed E-state index contributed by atoms with van der Waals surface area (Å²) in [5, 5.41) is -0.458. The maximum atomic E-state index is 12.3. The summed E-state index contributed by atoms with van der Waals surface area (Å²) in [6, 6.07) is 10.7. The van der Waals surface area contributed by atoms with Crippen LogP contribution in [0.1, 0.15) is 19.5 Å². The number of hydrogen-bond acceptors (Lipinski definition) is 5. The molecule has 3 aromatic heterocycles. The summed E-state index contributed by atoms with van der Waals surface area (Å²) in [4.78, 5) is 17.0. The van der Waals surface area contributed by atoms with E-state index in [9.17, 15) is 8.42 Å². The zero-order valence-electron chi connectivity index (χ0n) is 15.8. The van der Waals surface area contributed by atoms with Crippen molar-refractivity contribution >= 4 is 21.0 Å². The molecule has 0 amide bonds. The molecule has 0 spiro atoms. The summed E-state index contributed by atoms with van der Waals surface area (Å²) >= 11 is 0. The van der Waals surface area contributed by atoms with Gasteiger partial charge >= 0.3 is 0 Å². The van der Waals surface area contributed by atoms with Gasteiger partial charge in [-0.25, -0.2) is 18.4 Å². The van der Waals surface area contributed by atoms with Gasteiger partial charge in [-0.05, 0) is 39.0 Å². The third-order valence-corrected chi connectivity index (χ3v) is 6.87. The van der Waals surface area contributed by atoms with E-state index in [1.165, 1.54) is 0 Å². The highest BCUT2D eigenvalue weighted by molar-refractivity contribution is 7.92. The highest BCUT2D eigenvalue weighted by Crippen LogP contribution is 2.28. The van der Waals surface area contributed by atoms with E-state index in [4.69, 9.17) is 4.98 Å². The molecule has 0 unspecified atom stereocenters. The number of aromatic amines is 1. The Bertz CT molecular complexity index is 1240. The van der Waals surface area contributed by atoms with Crippen LogP contribution in [0, 0.1) is 6.92 Å². The highest BCUT2D eigenvalue weighted by atomic mass is 32.2. The molecule has 7 heteroatoms. The number of fused-ring (bicyclic) bond motifs is 1. The van der Waals surface area contributed by atoms with Crippen LogP contribution < -0.4 is 0 Å². The van der Waals surface area contributed by atoms with Crippen LogP contribution in [0.5, 0.6) is 0 Å². The monoisotopic (exact) mass is 392 g/mol. The van der Waals surface area contributed by atoms with E-state index in [0.717, 1.165) is 27.9 Å². The van der Waals surface area contributed by atoms with E-state index in [0.29, 0.717) is 16.2 Å². The summed E-state index contributed by atoms with van der Waals surface area (Å²) in [6.07, 6.45) is 5.37. The van der Waals surface area contributed by atoms with E-state index < -0.39 is 15.1 Å². The Morgan fingerprint density at radius 1 is 0.929 bits per heavy atom. The molecule has 0 atom stereocenters. The Hall–Kier alpha value is -3.06. The van der Waals surface area contributed by atoms with Gasteiger partial charge in [0, 0.05) is 34.8 Å². The molecule has 0 aliphatic carbocycles. The standard InChI is InChI=1S/C21H20N4O2S/c1-13(2)28(26,27)17-8-6-15(7-9-17)19-12-24-21-20(25-19)18(11-23-21)16-5-4-14(3)22-10-16/h4-13H,1-3H3,(H,23,24). The maximum Gasteiger partial charge on any atom is 0.180 e. The van der Waals surface area contributed by atoms with Crippen molar-refractivity contribution in [2.45, 2.75) is 30.9 Å². The zero-order valence-corrected chi connectivity index (χ0v) is 16.7. The number of nitrogens with one attached hydrogen (secondary N) is 1. The molecule has 6 nitrogen and oxygen atoms in total. The third kappa shape index (κ3) is 3.18. The Morgan fingerprint density at radius 3 is 2.29 bits per heavy atom. The second kappa shape index (κ2) is 6.83. The SMILES string of the molecule is Cc1ccc(-c2c[nH]c3ncc(-c4ccc(S(=O)(=O)C(C)C)cc4)nc23)cn1. The van der Waals surface area contributed by atoms with Gasteiger partial charge in [-0.15, -0.1) is 0 Å². The van der Waals surface area contributed by atoms with Crippen molar-refractivity contribution < 1.29 is 8.42 Å². The number of hydrogen-bond donors (Lipinski definition) is 1. The fraction of sp³-hybridized carbons (Fsp3) is 0.190. The van der Waals surface area contributed by atoms with E-state index in [2.05, 4.69) is 15.0 Å². The first-order valence-corrected chi connectivity index (χ1v) is 10.5.